The van der Waals surface area contributed by atoms with E-state index < -0.39 is 42.4 Å². The van der Waals surface area contributed by atoms with Crippen molar-refractivity contribution in [2.75, 3.05) is 12.3 Å². The average molecular weight is 297 g/mol. The Morgan fingerprint density at radius 2 is 2.00 bits per heavy atom. The second-order valence-corrected chi connectivity index (χ2v) is 5.08. The smallest absolute Gasteiger partial charge is 0.280 e. The van der Waals surface area contributed by atoms with E-state index in [0.717, 1.165) is 0 Å². The first-order valence-electron chi connectivity index (χ1n) is 6.33. The Labute approximate surface area is 117 Å². The van der Waals surface area contributed by atoms with Gasteiger partial charge in [0.15, 0.2) is 11.2 Å². The predicted molar refractivity (Wildman–Crippen MR) is 70.2 cm³/mol. The lowest BCUT2D eigenvalue weighted by Crippen LogP contribution is -2.30. The molecule has 21 heavy (non-hydrogen) atoms. The van der Waals surface area contributed by atoms with Gasteiger partial charge in [0.1, 0.15) is 6.10 Å². The summed E-state index contributed by atoms with van der Waals surface area (Å²) in [6.07, 6.45) is -2.63. The van der Waals surface area contributed by atoms with Gasteiger partial charge in [-0.1, -0.05) is 0 Å². The van der Waals surface area contributed by atoms with Crippen LogP contribution in [0.4, 0.5) is 5.95 Å². The second kappa shape index (κ2) is 4.77. The first kappa shape index (κ1) is 13.9. The average Bonchev–Trinajstić information content (AvgIpc) is 2.91. The molecule has 10 nitrogen and oxygen atoms in total. The lowest BCUT2D eigenvalue weighted by Gasteiger charge is -2.21. The monoisotopic (exact) mass is 297 g/mol. The molecule has 3 rings (SSSR count). The molecule has 2 aromatic heterocycles. The summed E-state index contributed by atoms with van der Waals surface area (Å²) in [5.41, 5.74) is 5.03. The predicted octanol–water partition coefficient (Wildman–Crippen LogP) is -3.05. The number of nitrogens with zero attached hydrogens (tertiary/aromatic N) is 3. The number of hydrogen-bond donors (Lipinski definition) is 6. The van der Waals surface area contributed by atoms with E-state index in [0.29, 0.717) is 0 Å². The normalized spacial score (nSPS) is 32.9. The van der Waals surface area contributed by atoms with Crippen molar-refractivity contribution in [3.63, 3.8) is 0 Å². The number of nitrogens with two attached hydrogens (primary N) is 1. The first-order chi connectivity index (χ1) is 9.95. The first-order valence-corrected chi connectivity index (χ1v) is 6.33. The molecule has 0 spiro atoms. The van der Waals surface area contributed by atoms with Gasteiger partial charge in [0.2, 0.25) is 5.95 Å². The molecule has 2 unspecified atom stereocenters. The minimum Gasteiger partial charge on any atom is -0.396 e. The van der Waals surface area contributed by atoms with Crippen molar-refractivity contribution in [1.82, 2.24) is 19.5 Å². The van der Waals surface area contributed by atoms with Crippen LogP contribution >= 0.6 is 0 Å². The molecular weight excluding hydrogens is 282 g/mol. The van der Waals surface area contributed by atoms with E-state index in [1.54, 1.807) is 0 Å². The summed E-state index contributed by atoms with van der Waals surface area (Å²) < 4.78 is 1.29. The highest BCUT2D eigenvalue weighted by atomic mass is 16.3. The van der Waals surface area contributed by atoms with Gasteiger partial charge in [-0.15, -0.1) is 0 Å². The lowest BCUT2D eigenvalue weighted by atomic mass is 10.0. The summed E-state index contributed by atoms with van der Waals surface area (Å²) in [5.74, 6) is -1.03. The van der Waals surface area contributed by atoms with Gasteiger partial charge >= 0.3 is 0 Å². The van der Waals surface area contributed by atoms with Crippen molar-refractivity contribution >= 4 is 17.1 Å². The molecule has 0 amide bonds. The quantitative estimate of drug-likeness (QED) is 0.339. The Morgan fingerprint density at radius 1 is 1.29 bits per heavy atom. The minimum atomic E-state index is -1.34. The Kier molecular flexibility index (Phi) is 3.17. The summed E-state index contributed by atoms with van der Waals surface area (Å²) in [6, 6.07) is -0.990. The van der Waals surface area contributed by atoms with Crippen LogP contribution in [0.1, 0.15) is 6.04 Å². The molecule has 1 fully saturated rings. The highest BCUT2D eigenvalue weighted by molar-refractivity contribution is 5.70. The topological polar surface area (TPSA) is 171 Å². The van der Waals surface area contributed by atoms with E-state index in [1.807, 2.05) is 0 Å². The van der Waals surface area contributed by atoms with Gasteiger partial charge in [-0.3, -0.25) is 9.78 Å². The summed E-state index contributed by atoms with van der Waals surface area (Å²) in [4.78, 5) is 21.8. The molecular formula is C11H15N5O5. The van der Waals surface area contributed by atoms with Crippen LogP contribution in [0.15, 0.2) is 11.1 Å². The van der Waals surface area contributed by atoms with Gasteiger partial charge in [0.05, 0.1) is 31.2 Å². The second-order valence-electron chi connectivity index (χ2n) is 5.08. The number of rotatable bonds is 2. The third kappa shape index (κ3) is 1.92. The van der Waals surface area contributed by atoms with Gasteiger partial charge in [-0.25, -0.2) is 4.98 Å². The van der Waals surface area contributed by atoms with E-state index in [2.05, 4.69) is 15.0 Å². The molecule has 114 valence electrons. The standard InChI is InChI=1S/C11H15N5O5/c12-11-14-9-4(10(21)15-11)13-2-16(9)5-6(18)3(1-17)7(19)8(5)20/h2-3,5-8,17-20H,1H2,(H3,12,14,15,21)/t3-,5+,6-,7?,8?/m1/s1. The number of aromatic amines is 1. The Bertz CT molecular complexity index is 727. The maximum Gasteiger partial charge on any atom is 0.280 e. The number of aliphatic hydroxyl groups is 4. The van der Waals surface area contributed by atoms with Crippen molar-refractivity contribution in [3.8, 4) is 0 Å². The summed E-state index contributed by atoms with van der Waals surface area (Å²) >= 11 is 0. The van der Waals surface area contributed by atoms with Gasteiger partial charge < -0.3 is 30.7 Å². The van der Waals surface area contributed by atoms with Crippen LogP contribution in [0.3, 0.4) is 0 Å². The van der Waals surface area contributed by atoms with E-state index in [4.69, 9.17) is 5.73 Å². The molecule has 0 bridgehead atoms. The number of fused-ring (bicyclic) bond motifs is 1. The van der Waals surface area contributed by atoms with Crippen LogP contribution in [-0.2, 0) is 0 Å². The van der Waals surface area contributed by atoms with Crippen LogP contribution in [0.5, 0.6) is 0 Å². The fraction of sp³-hybridized carbons (Fsp3) is 0.545. The zero-order chi connectivity index (χ0) is 15.3. The zero-order valence-corrected chi connectivity index (χ0v) is 10.8. The van der Waals surface area contributed by atoms with E-state index >= 15 is 0 Å². The molecule has 1 aliphatic carbocycles. The van der Waals surface area contributed by atoms with Crippen molar-refractivity contribution in [1.29, 1.82) is 0 Å². The van der Waals surface area contributed by atoms with Crippen LogP contribution in [0.2, 0.25) is 0 Å². The SMILES string of the molecule is Nc1nc2c(ncn2[C@@H]2C(O)C(O)[C@H](CO)[C@H]2O)c(=O)[nH]1. The number of aliphatic hydroxyl groups excluding tert-OH is 4. The van der Waals surface area contributed by atoms with Gasteiger partial charge in [0, 0.05) is 5.92 Å². The molecule has 2 heterocycles. The van der Waals surface area contributed by atoms with Gasteiger partial charge in [-0.2, -0.15) is 4.98 Å². The molecule has 0 aliphatic heterocycles. The van der Waals surface area contributed by atoms with Crippen molar-refractivity contribution in [2.24, 2.45) is 5.92 Å². The molecule has 7 N–H and O–H groups in total. The number of nitrogen functional groups attached to an aromatic ring is 1. The third-order valence-corrected chi connectivity index (χ3v) is 3.91. The summed E-state index contributed by atoms with van der Waals surface area (Å²) in [6.45, 7) is -0.487. The van der Waals surface area contributed by atoms with Gasteiger partial charge in [0.25, 0.3) is 5.56 Å². The number of H-pyrrole nitrogens is 1. The van der Waals surface area contributed by atoms with Gasteiger partial charge in [-0.05, 0) is 0 Å². The van der Waals surface area contributed by atoms with Crippen molar-refractivity contribution in [3.05, 3.63) is 16.7 Å². The van der Waals surface area contributed by atoms with E-state index in [9.17, 15) is 25.2 Å². The maximum absolute atomic E-state index is 11.7. The highest BCUT2D eigenvalue weighted by Gasteiger charge is 2.49. The molecule has 5 atom stereocenters. The summed E-state index contributed by atoms with van der Waals surface area (Å²) in [7, 11) is 0. The molecule has 1 saturated carbocycles. The Hall–Kier alpha value is -2.01. The number of aromatic nitrogens is 4. The van der Waals surface area contributed by atoms with E-state index in [-0.39, 0.29) is 17.1 Å². The third-order valence-electron chi connectivity index (χ3n) is 3.91. The fourth-order valence-electron chi connectivity index (χ4n) is 2.82. The number of hydrogen-bond acceptors (Lipinski definition) is 8. The molecule has 0 aromatic carbocycles. The molecule has 0 saturated heterocycles. The summed E-state index contributed by atoms with van der Waals surface area (Å²) in [5, 5.41) is 39.3. The zero-order valence-electron chi connectivity index (χ0n) is 10.8. The minimum absolute atomic E-state index is 0.00513. The van der Waals surface area contributed by atoms with Crippen LogP contribution in [-0.4, -0.2) is 64.9 Å². The Morgan fingerprint density at radius 3 is 2.62 bits per heavy atom. The van der Waals surface area contributed by atoms with Crippen LogP contribution < -0.4 is 11.3 Å². The molecule has 2 aromatic rings. The van der Waals surface area contributed by atoms with Crippen molar-refractivity contribution in [2.45, 2.75) is 24.4 Å². The fourth-order valence-corrected chi connectivity index (χ4v) is 2.82. The number of imidazole rings is 1. The molecule has 1 aliphatic rings. The van der Waals surface area contributed by atoms with Crippen molar-refractivity contribution < 1.29 is 20.4 Å². The highest BCUT2D eigenvalue weighted by Crippen LogP contribution is 2.36. The van der Waals surface area contributed by atoms with Crippen LogP contribution in [0.25, 0.3) is 11.2 Å². The van der Waals surface area contributed by atoms with E-state index in [1.165, 1.54) is 10.9 Å². The Balaban J connectivity index is 2.15. The largest absolute Gasteiger partial charge is 0.396 e. The molecule has 10 heteroatoms. The number of anilines is 1. The molecule has 0 radical (unpaired) electrons. The lowest BCUT2D eigenvalue weighted by molar-refractivity contribution is -0.00782. The number of nitrogens with one attached hydrogen (secondary N) is 1. The van der Waals surface area contributed by atoms with Crippen LogP contribution in [0, 0.1) is 5.92 Å². The maximum atomic E-state index is 11.7.